The number of nitrogens with zero attached hydrogens (tertiary/aromatic N) is 2. The number of aryl methyl sites for hydroxylation is 1. The first-order valence-corrected chi connectivity index (χ1v) is 10.8. The highest BCUT2D eigenvalue weighted by molar-refractivity contribution is 8.03. The normalized spacial score (nSPS) is 15.1. The molecular formula is C18H25N3S3. The maximum absolute atomic E-state index is 3.60. The van der Waals surface area contributed by atoms with Gasteiger partial charge in [0.25, 0.3) is 0 Å². The molecule has 1 aliphatic heterocycles. The Balaban J connectivity index is 1.70. The fourth-order valence-electron chi connectivity index (χ4n) is 2.97. The van der Waals surface area contributed by atoms with Crippen molar-refractivity contribution in [3.05, 3.63) is 35.9 Å². The van der Waals surface area contributed by atoms with Crippen LogP contribution in [-0.2, 0) is 0 Å². The Morgan fingerprint density at radius 2 is 1.79 bits per heavy atom. The smallest absolute Gasteiger partial charge is 0.0820 e. The van der Waals surface area contributed by atoms with Crippen molar-refractivity contribution in [3.8, 4) is 0 Å². The molecule has 6 heteroatoms. The van der Waals surface area contributed by atoms with Gasteiger partial charge in [-0.25, -0.2) is 0 Å². The van der Waals surface area contributed by atoms with Crippen LogP contribution in [0.4, 0.5) is 11.4 Å². The maximum Gasteiger partial charge on any atom is 0.0820 e. The Morgan fingerprint density at radius 1 is 1.04 bits per heavy atom. The molecule has 0 atom stereocenters. The number of anilines is 2. The van der Waals surface area contributed by atoms with Crippen LogP contribution in [-0.4, -0.2) is 31.5 Å². The van der Waals surface area contributed by atoms with Crippen molar-refractivity contribution in [2.45, 2.75) is 34.6 Å². The lowest BCUT2D eigenvalue weighted by atomic mass is 10.1. The predicted molar refractivity (Wildman–Crippen MR) is 111 cm³/mol. The summed E-state index contributed by atoms with van der Waals surface area (Å²) in [5, 5.41) is 0. The Kier molecular flexibility index (Phi) is 6.38. The summed E-state index contributed by atoms with van der Waals surface area (Å²) in [5.74, 6) is 0. The van der Waals surface area contributed by atoms with Crippen molar-refractivity contribution in [1.82, 2.24) is 4.31 Å². The van der Waals surface area contributed by atoms with Crippen LogP contribution in [0.3, 0.4) is 0 Å². The van der Waals surface area contributed by atoms with Crippen LogP contribution in [0, 0.1) is 6.92 Å². The molecule has 1 aliphatic rings. The molecule has 2 aromatic rings. The second kappa shape index (κ2) is 8.52. The molecule has 0 radical (unpaired) electrons. The van der Waals surface area contributed by atoms with Gasteiger partial charge in [-0.15, -0.1) is 11.3 Å². The third-order valence-electron chi connectivity index (χ3n) is 4.00. The molecule has 24 heavy (non-hydrogen) atoms. The van der Waals surface area contributed by atoms with Gasteiger partial charge in [0.1, 0.15) is 0 Å². The molecular weight excluding hydrogens is 354 g/mol. The molecule has 1 saturated heterocycles. The Morgan fingerprint density at radius 3 is 2.54 bits per heavy atom. The minimum atomic E-state index is 1.17. The van der Waals surface area contributed by atoms with E-state index in [1.54, 1.807) is 23.9 Å². The zero-order valence-electron chi connectivity index (χ0n) is 14.5. The second-order valence-corrected chi connectivity index (χ2v) is 10.0. The summed E-state index contributed by atoms with van der Waals surface area (Å²) in [5.41, 5.74) is 3.97. The Hall–Kier alpha value is -0.820. The highest BCUT2D eigenvalue weighted by atomic mass is 32.2. The fraction of sp³-hybridized carbons (Fsp3) is 0.444. The van der Waals surface area contributed by atoms with Crippen molar-refractivity contribution in [1.29, 1.82) is 0 Å². The number of piperidine rings is 1. The van der Waals surface area contributed by atoms with Gasteiger partial charge in [-0.1, -0.05) is 12.1 Å². The molecule has 3 rings (SSSR count). The van der Waals surface area contributed by atoms with E-state index < -0.39 is 0 Å². The quantitative estimate of drug-likeness (QED) is 0.644. The monoisotopic (exact) mass is 379 g/mol. The van der Waals surface area contributed by atoms with Crippen molar-refractivity contribution >= 4 is 46.6 Å². The van der Waals surface area contributed by atoms with Gasteiger partial charge in [-0.2, -0.15) is 0 Å². The molecule has 2 heterocycles. The number of hydrogen-bond donors (Lipinski definition) is 1. The van der Waals surface area contributed by atoms with Crippen LogP contribution in [0.2, 0.25) is 0 Å². The number of para-hydroxylation sites is 1. The summed E-state index contributed by atoms with van der Waals surface area (Å²) in [7, 11) is 4.15. The van der Waals surface area contributed by atoms with E-state index >= 15 is 0 Å². The van der Waals surface area contributed by atoms with Crippen LogP contribution in [0.5, 0.6) is 0 Å². The minimum Gasteiger partial charge on any atom is -0.370 e. The molecule has 1 fully saturated rings. The first-order chi connectivity index (χ1) is 11.6. The molecule has 1 aromatic carbocycles. The molecule has 0 bridgehead atoms. The number of benzene rings is 1. The van der Waals surface area contributed by atoms with Crippen LogP contribution in [0.25, 0.3) is 0 Å². The van der Waals surface area contributed by atoms with E-state index in [1.807, 2.05) is 11.3 Å². The predicted octanol–water partition coefficient (Wildman–Crippen LogP) is 5.73. The van der Waals surface area contributed by atoms with Gasteiger partial charge >= 0.3 is 0 Å². The van der Waals surface area contributed by atoms with E-state index in [4.69, 9.17) is 0 Å². The molecule has 1 aromatic heterocycles. The van der Waals surface area contributed by atoms with E-state index in [1.165, 1.54) is 57.7 Å². The topological polar surface area (TPSA) is 18.5 Å². The number of hydrogen-bond acceptors (Lipinski definition) is 6. The van der Waals surface area contributed by atoms with Gasteiger partial charge in [0.15, 0.2) is 0 Å². The van der Waals surface area contributed by atoms with Gasteiger partial charge in [0.2, 0.25) is 0 Å². The number of rotatable bonds is 6. The van der Waals surface area contributed by atoms with Gasteiger partial charge < -0.3 is 9.62 Å². The van der Waals surface area contributed by atoms with Crippen molar-refractivity contribution in [2.24, 2.45) is 0 Å². The van der Waals surface area contributed by atoms with Gasteiger partial charge in [0.05, 0.1) is 19.8 Å². The molecule has 1 N–H and O–H groups in total. The van der Waals surface area contributed by atoms with E-state index in [9.17, 15) is 0 Å². The largest absolute Gasteiger partial charge is 0.370 e. The van der Waals surface area contributed by atoms with Gasteiger partial charge in [0, 0.05) is 13.1 Å². The Labute approximate surface area is 158 Å². The highest BCUT2D eigenvalue weighted by Crippen LogP contribution is 2.38. The van der Waals surface area contributed by atoms with Crippen LogP contribution in [0.15, 0.2) is 38.8 Å². The maximum atomic E-state index is 3.60. The summed E-state index contributed by atoms with van der Waals surface area (Å²) in [6, 6.07) is 11.0. The van der Waals surface area contributed by atoms with Crippen LogP contribution in [0.1, 0.15) is 24.8 Å². The van der Waals surface area contributed by atoms with Gasteiger partial charge in [-0.3, -0.25) is 4.31 Å². The van der Waals surface area contributed by atoms with Crippen molar-refractivity contribution < 1.29 is 0 Å². The molecule has 0 saturated carbocycles. The highest BCUT2D eigenvalue weighted by Gasteiger charge is 2.16. The van der Waals surface area contributed by atoms with Crippen LogP contribution < -0.4 is 9.62 Å². The third-order valence-corrected chi connectivity index (χ3v) is 6.99. The van der Waals surface area contributed by atoms with E-state index in [0.717, 1.165) is 0 Å². The first kappa shape index (κ1) is 18.0. The number of nitrogens with one attached hydrogen (secondary N) is 1. The van der Waals surface area contributed by atoms with Crippen LogP contribution >= 0.6 is 35.2 Å². The van der Waals surface area contributed by atoms with E-state index in [0.29, 0.717) is 0 Å². The summed E-state index contributed by atoms with van der Waals surface area (Å²) < 4.78 is 8.35. The summed E-state index contributed by atoms with van der Waals surface area (Å²) in [6.45, 7) is 4.57. The SMILES string of the molecule is Cc1cccc(NSc2ccc(SN(C)C)s2)c1N1CCCCC1. The summed E-state index contributed by atoms with van der Waals surface area (Å²) >= 11 is 5.32. The average Bonchev–Trinajstić information content (AvgIpc) is 3.00. The molecule has 0 unspecified atom stereocenters. The standard InChI is InChI=1S/C18H25N3S3/c1-14-8-7-9-15(18(14)21-12-5-4-6-13-21)19-23-16-10-11-17(22-16)24-20(2)3/h7-11,19H,4-6,12-13H2,1-3H3. The van der Waals surface area contributed by atoms with Crippen molar-refractivity contribution in [2.75, 3.05) is 36.8 Å². The van der Waals surface area contributed by atoms with E-state index in [2.05, 4.69) is 65.3 Å². The molecule has 130 valence electrons. The minimum absolute atomic E-state index is 1.17. The van der Waals surface area contributed by atoms with Gasteiger partial charge in [-0.05, 0) is 87.9 Å². The average molecular weight is 380 g/mol. The van der Waals surface area contributed by atoms with E-state index in [-0.39, 0.29) is 0 Å². The first-order valence-electron chi connectivity index (χ1n) is 8.36. The lowest BCUT2D eigenvalue weighted by Crippen LogP contribution is -2.30. The lowest BCUT2D eigenvalue weighted by molar-refractivity contribution is 0.577. The lowest BCUT2D eigenvalue weighted by Gasteiger charge is -2.32. The molecule has 0 aliphatic carbocycles. The fourth-order valence-corrected chi connectivity index (χ4v) is 6.03. The zero-order valence-corrected chi connectivity index (χ0v) is 17.0. The number of thiophene rings is 1. The molecule has 0 spiro atoms. The van der Waals surface area contributed by atoms with Crippen molar-refractivity contribution in [3.63, 3.8) is 0 Å². The second-order valence-electron chi connectivity index (χ2n) is 6.20. The summed E-state index contributed by atoms with van der Waals surface area (Å²) in [4.78, 5) is 2.55. The Bertz CT molecular complexity index is 663. The third kappa shape index (κ3) is 4.63. The summed E-state index contributed by atoms with van der Waals surface area (Å²) in [6.07, 6.45) is 3.97. The zero-order chi connectivity index (χ0) is 16.9. The molecule has 0 amide bonds. The molecule has 3 nitrogen and oxygen atoms in total.